The number of hydrogen-bond acceptors (Lipinski definition) is 3. The molecule has 2 unspecified atom stereocenters. The van der Waals surface area contributed by atoms with Crippen LogP contribution in [-0.4, -0.2) is 32.5 Å². The summed E-state index contributed by atoms with van der Waals surface area (Å²) in [7, 11) is -3.17. The van der Waals surface area contributed by atoms with Crippen molar-refractivity contribution in [1.29, 1.82) is 0 Å². The van der Waals surface area contributed by atoms with Gasteiger partial charge in [-0.2, -0.15) is 0 Å². The van der Waals surface area contributed by atoms with Crippen molar-refractivity contribution in [3.63, 3.8) is 0 Å². The summed E-state index contributed by atoms with van der Waals surface area (Å²) in [5.41, 5.74) is 0.621. The van der Waals surface area contributed by atoms with Gasteiger partial charge in [-0.1, -0.05) is 18.5 Å². The molecule has 0 aromatic heterocycles. The average molecular weight is 322 g/mol. The minimum Gasteiger partial charge on any atom is -0.312 e. The van der Waals surface area contributed by atoms with E-state index in [4.69, 9.17) is 11.6 Å². The Morgan fingerprint density at radius 3 is 2.60 bits per heavy atom. The normalized spacial score (nSPS) is 15.1. The second-order valence-electron chi connectivity index (χ2n) is 5.04. The molecule has 1 N–H and O–H groups in total. The van der Waals surface area contributed by atoms with Crippen LogP contribution in [0.2, 0.25) is 5.02 Å². The first-order valence-corrected chi connectivity index (χ1v) is 8.95. The highest BCUT2D eigenvalue weighted by Gasteiger charge is 2.26. The van der Waals surface area contributed by atoms with Crippen molar-refractivity contribution < 1.29 is 12.8 Å². The number of rotatable bonds is 7. The lowest BCUT2D eigenvalue weighted by molar-refractivity contribution is 0.481. The maximum atomic E-state index is 13.3. The zero-order valence-electron chi connectivity index (χ0n) is 12.0. The number of hydrogen-bond donors (Lipinski definition) is 1. The monoisotopic (exact) mass is 321 g/mol. The van der Waals surface area contributed by atoms with E-state index in [2.05, 4.69) is 5.32 Å². The number of benzene rings is 1. The Balaban J connectivity index is 2.97. The van der Waals surface area contributed by atoms with Gasteiger partial charge in [0.15, 0.2) is 9.84 Å². The largest absolute Gasteiger partial charge is 0.312 e. The van der Waals surface area contributed by atoms with E-state index in [-0.39, 0.29) is 11.9 Å². The SMILES string of the molecule is CCCNC(Cc1cc(F)ccc1Cl)C(C)S(C)(=O)=O. The lowest BCUT2D eigenvalue weighted by Gasteiger charge is -2.24. The van der Waals surface area contributed by atoms with E-state index < -0.39 is 15.1 Å². The molecule has 6 heteroatoms. The molecule has 0 saturated carbocycles. The predicted octanol–water partition coefficient (Wildman–Crippen LogP) is 2.82. The zero-order chi connectivity index (χ0) is 15.3. The molecule has 0 aliphatic heterocycles. The average Bonchev–Trinajstić information content (AvgIpc) is 2.36. The van der Waals surface area contributed by atoms with Gasteiger partial charge in [0.2, 0.25) is 0 Å². The summed E-state index contributed by atoms with van der Waals surface area (Å²) in [6.45, 7) is 4.37. The fraction of sp³-hybridized carbons (Fsp3) is 0.571. The molecule has 0 heterocycles. The van der Waals surface area contributed by atoms with E-state index in [1.54, 1.807) is 6.92 Å². The Hall–Kier alpha value is -0.650. The summed E-state index contributed by atoms with van der Waals surface area (Å²) >= 11 is 6.05. The third-order valence-electron chi connectivity index (χ3n) is 3.35. The Labute approximate surface area is 125 Å². The van der Waals surface area contributed by atoms with Crippen LogP contribution >= 0.6 is 11.6 Å². The second-order valence-corrected chi connectivity index (χ2v) is 7.84. The molecule has 20 heavy (non-hydrogen) atoms. The Morgan fingerprint density at radius 2 is 2.05 bits per heavy atom. The van der Waals surface area contributed by atoms with Crippen molar-refractivity contribution in [2.45, 2.75) is 38.0 Å². The summed E-state index contributed by atoms with van der Waals surface area (Å²) in [5, 5.41) is 3.10. The van der Waals surface area contributed by atoms with Gasteiger partial charge in [-0.25, -0.2) is 12.8 Å². The van der Waals surface area contributed by atoms with E-state index in [1.165, 1.54) is 24.5 Å². The third-order valence-corrected chi connectivity index (χ3v) is 5.39. The molecule has 0 fully saturated rings. The van der Waals surface area contributed by atoms with Gasteiger partial charge >= 0.3 is 0 Å². The highest BCUT2D eigenvalue weighted by molar-refractivity contribution is 7.91. The van der Waals surface area contributed by atoms with E-state index in [9.17, 15) is 12.8 Å². The van der Waals surface area contributed by atoms with E-state index in [0.717, 1.165) is 6.42 Å². The molecule has 0 aliphatic rings. The molecular weight excluding hydrogens is 301 g/mol. The van der Waals surface area contributed by atoms with Crippen LogP contribution in [0.1, 0.15) is 25.8 Å². The fourth-order valence-electron chi connectivity index (χ4n) is 1.97. The van der Waals surface area contributed by atoms with E-state index in [1.807, 2.05) is 6.92 Å². The van der Waals surface area contributed by atoms with Crippen LogP contribution in [0, 0.1) is 5.82 Å². The molecule has 0 spiro atoms. The minimum atomic E-state index is -3.17. The van der Waals surface area contributed by atoms with Crippen molar-refractivity contribution in [3.05, 3.63) is 34.6 Å². The first-order chi connectivity index (χ1) is 9.25. The molecule has 2 atom stereocenters. The topological polar surface area (TPSA) is 46.2 Å². The van der Waals surface area contributed by atoms with Crippen LogP contribution in [-0.2, 0) is 16.3 Å². The van der Waals surface area contributed by atoms with Gasteiger partial charge in [0.05, 0.1) is 5.25 Å². The van der Waals surface area contributed by atoms with E-state index >= 15 is 0 Å². The summed E-state index contributed by atoms with van der Waals surface area (Å²) in [5.74, 6) is -0.370. The molecule has 1 rings (SSSR count). The first-order valence-electron chi connectivity index (χ1n) is 6.62. The molecule has 0 saturated heterocycles. The van der Waals surface area contributed by atoms with E-state index in [0.29, 0.717) is 23.6 Å². The maximum absolute atomic E-state index is 13.3. The summed E-state index contributed by atoms with van der Waals surface area (Å²) in [6, 6.07) is 3.86. The Kier molecular flexibility index (Phi) is 6.43. The van der Waals surface area contributed by atoms with Gasteiger partial charge in [-0.15, -0.1) is 0 Å². The summed E-state index contributed by atoms with van der Waals surface area (Å²) in [6.07, 6.45) is 2.49. The quantitative estimate of drug-likeness (QED) is 0.840. The zero-order valence-corrected chi connectivity index (χ0v) is 13.6. The highest BCUT2D eigenvalue weighted by atomic mass is 35.5. The summed E-state index contributed by atoms with van der Waals surface area (Å²) < 4.78 is 36.7. The lowest BCUT2D eigenvalue weighted by Crippen LogP contribution is -2.44. The van der Waals surface area contributed by atoms with Crippen molar-refractivity contribution in [1.82, 2.24) is 5.32 Å². The molecule has 3 nitrogen and oxygen atoms in total. The molecule has 1 aromatic rings. The van der Waals surface area contributed by atoms with Crippen LogP contribution in [0.5, 0.6) is 0 Å². The van der Waals surface area contributed by atoms with Gasteiger partial charge in [0.25, 0.3) is 0 Å². The molecule has 114 valence electrons. The van der Waals surface area contributed by atoms with Gasteiger partial charge < -0.3 is 5.32 Å². The standard InChI is InChI=1S/C14H21ClFNO2S/c1-4-7-17-14(10(2)20(3,18)19)9-11-8-12(16)5-6-13(11)15/h5-6,8,10,14,17H,4,7,9H2,1-3H3. The van der Waals surface area contributed by atoms with Crippen LogP contribution in [0.3, 0.4) is 0 Å². The van der Waals surface area contributed by atoms with Crippen LogP contribution < -0.4 is 5.32 Å². The van der Waals surface area contributed by atoms with Crippen molar-refractivity contribution in [2.24, 2.45) is 0 Å². The molecule has 0 radical (unpaired) electrons. The number of nitrogens with one attached hydrogen (secondary N) is 1. The van der Waals surface area contributed by atoms with Gasteiger partial charge in [-0.05, 0) is 50.1 Å². The Bertz CT molecular complexity index is 548. The molecular formula is C14H21ClFNO2S. The minimum absolute atomic E-state index is 0.288. The van der Waals surface area contributed by atoms with Gasteiger partial charge in [-0.3, -0.25) is 0 Å². The van der Waals surface area contributed by atoms with Crippen LogP contribution in [0.4, 0.5) is 4.39 Å². The third kappa shape index (κ3) is 5.04. The van der Waals surface area contributed by atoms with Gasteiger partial charge in [0.1, 0.15) is 5.82 Å². The maximum Gasteiger partial charge on any atom is 0.151 e. The van der Waals surface area contributed by atoms with Crippen molar-refractivity contribution in [3.8, 4) is 0 Å². The number of halogens is 2. The predicted molar refractivity (Wildman–Crippen MR) is 81.5 cm³/mol. The lowest BCUT2D eigenvalue weighted by atomic mass is 10.0. The fourth-order valence-corrected chi connectivity index (χ4v) is 2.95. The smallest absolute Gasteiger partial charge is 0.151 e. The molecule has 0 bridgehead atoms. The molecule has 0 aliphatic carbocycles. The number of sulfone groups is 1. The highest BCUT2D eigenvalue weighted by Crippen LogP contribution is 2.20. The van der Waals surface area contributed by atoms with Gasteiger partial charge in [0, 0.05) is 17.3 Å². The summed E-state index contributed by atoms with van der Waals surface area (Å²) in [4.78, 5) is 0. The molecule has 0 amide bonds. The van der Waals surface area contributed by atoms with Crippen LogP contribution in [0.15, 0.2) is 18.2 Å². The van der Waals surface area contributed by atoms with Crippen molar-refractivity contribution >= 4 is 21.4 Å². The Morgan fingerprint density at radius 1 is 1.40 bits per heavy atom. The first kappa shape index (κ1) is 17.4. The second kappa shape index (κ2) is 7.38. The van der Waals surface area contributed by atoms with Crippen molar-refractivity contribution in [2.75, 3.05) is 12.8 Å². The van der Waals surface area contributed by atoms with Crippen LogP contribution in [0.25, 0.3) is 0 Å². The molecule has 1 aromatic carbocycles.